The molecular weight excluding hydrogens is 476 g/mol. The molecule has 1 fully saturated rings. The maximum Gasteiger partial charge on any atom is 0.186 e. The molecule has 1 saturated heterocycles. The van der Waals surface area contributed by atoms with Gasteiger partial charge in [0.2, 0.25) is 0 Å². The van der Waals surface area contributed by atoms with Crippen LogP contribution in [0.25, 0.3) is 0 Å². The van der Waals surface area contributed by atoms with Gasteiger partial charge in [0.05, 0.1) is 18.8 Å². The number of aliphatic hydroxyl groups is 5. The van der Waals surface area contributed by atoms with E-state index in [-0.39, 0.29) is 29.4 Å². The first-order chi connectivity index (χ1) is 17.1. The van der Waals surface area contributed by atoms with E-state index >= 15 is 0 Å². The van der Waals surface area contributed by atoms with Crippen LogP contribution in [0.1, 0.15) is 30.4 Å². The molecule has 200 valence electrons. The van der Waals surface area contributed by atoms with E-state index < -0.39 is 49.5 Å². The summed E-state index contributed by atoms with van der Waals surface area (Å²) in [7, 11) is 0. The number of rotatable bonds is 11. The monoisotopic (exact) mass is 510 g/mol. The Balaban J connectivity index is 1.67. The van der Waals surface area contributed by atoms with Crippen LogP contribution in [-0.4, -0.2) is 95.5 Å². The fraction of sp³-hybridized carbons (Fsp3) is 0.520. The standard InChI is InChI=1S/C25H34O11/c26-12-21-22(32)23(33)24(34)25(36-21)35-16(6-2-14-4-8-18(29)20(31)10-14)11-15(27)5-1-13-3-7-17(28)19(30)9-13/h3-4,7-10,15-16,21-34H,1-2,5-6,11-12H2/t15-,16-,21-,22-,23+,24-,25?/m1/s1. The number of aliphatic hydroxyl groups excluding tert-OH is 5. The van der Waals surface area contributed by atoms with Gasteiger partial charge in [-0.15, -0.1) is 0 Å². The molecule has 1 aliphatic rings. The fourth-order valence-electron chi connectivity index (χ4n) is 4.14. The first-order valence-corrected chi connectivity index (χ1v) is 11.7. The molecule has 3 rings (SSSR count). The number of phenols is 4. The number of hydrogen-bond acceptors (Lipinski definition) is 11. The largest absolute Gasteiger partial charge is 0.504 e. The highest BCUT2D eigenvalue weighted by molar-refractivity contribution is 5.41. The molecule has 1 aliphatic heterocycles. The molecule has 7 atom stereocenters. The maximum atomic E-state index is 10.7. The van der Waals surface area contributed by atoms with Gasteiger partial charge in [0.25, 0.3) is 0 Å². The van der Waals surface area contributed by atoms with Crippen molar-refractivity contribution < 1.29 is 55.4 Å². The van der Waals surface area contributed by atoms with Crippen LogP contribution in [0.15, 0.2) is 36.4 Å². The van der Waals surface area contributed by atoms with E-state index in [0.717, 1.165) is 0 Å². The highest BCUT2D eigenvalue weighted by atomic mass is 16.7. The Bertz CT molecular complexity index is 982. The number of aromatic hydroxyl groups is 4. The molecule has 0 spiro atoms. The van der Waals surface area contributed by atoms with Crippen molar-refractivity contribution in [3.8, 4) is 23.0 Å². The first kappa shape index (κ1) is 27.9. The fourth-order valence-corrected chi connectivity index (χ4v) is 4.14. The van der Waals surface area contributed by atoms with Crippen molar-refractivity contribution >= 4 is 0 Å². The van der Waals surface area contributed by atoms with Crippen molar-refractivity contribution in [1.82, 2.24) is 0 Å². The van der Waals surface area contributed by atoms with Gasteiger partial charge in [0, 0.05) is 0 Å². The Hall–Kier alpha value is -2.64. The van der Waals surface area contributed by atoms with Gasteiger partial charge in [0.1, 0.15) is 24.4 Å². The zero-order valence-corrected chi connectivity index (χ0v) is 19.6. The first-order valence-electron chi connectivity index (χ1n) is 11.7. The number of aryl methyl sites for hydroxylation is 2. The molecule has 0 aromatic heterocycles. The molecule has 1 unspecified atom stereocenters. The molecule has 0 amide bonds. The lowest BCUT2D eigenvalue weighted by atomic mass is 9.97. The van der Waals surface area contributed by atoms with Crippen LogP contribution in [-0.2, 0) is 22.3 Å². The number of ether oxygens (including phenoxy) is 2. The summed E-state index contributed by atoms with van der Waals surface area (Å²) in [6, 6.07) is 8.75. The second kappa shape index (κ2) is 12.5. The van der Waals surface area contributed by atoms with E-state index in [1.165, 1.54) is 24.3 Å². The van der Waals surface area contributed by atoms with Crippen molar-refractivity contribution in [2.24, 2.45) is 0 Å². The van der Waals surface area contributed by atoms with Crippen molar-refractivity contribution in [1.29, 1.82) is 0 Å². The summed E-state index contributed by atoms with van der Waals surface area (Å²) in [6.45, 7) is -0.607. The lowest BCUT2D eigenvalue weighted by Gasteiger charge is -2.41. The van der Waals surface area contributed by atoms with Gasteiger partial charge in [-0.1, -0.05) is 12.1 Å². The van der Waals surface area contributed by atoms with E-state index in [1.807, 2.05) is 0 Å². The summed E-state index contributed by atoms with van der Waals surface area (Å²) in [5.74, 6) is -1.05. The average Bonchev–Trinajstić information content (AvgIpc) is 2.85. The molecule has 9 N–H and O–H groups in total. The third kappa shape index (κ3) is 7.20. The van der Waals surface area contributed by atoms with E-state index in [2.05, 4.69) is 0 Å². The molecule has 11 nitrogen and oxygen atoms in total. The van der Waals surface area contributed by atoms with Crippen LogP contribution in [0.2, 0.25) is 0 Å². The average molecular weight is 511 g/mol. The zero-order valence-electron chi connectivity index (χ0n) is 19.6. The molecular formula is C25H34O11. The van der Waals surface area contributed by atoms with Gasteiger partial charge in [-0.25, -0.2) is 0 Å². The van der Waals surface area contributed by atoms with Crippen LogP contribution < -0.4 is 0 Å². The SMILES string of the molecule is OC[C@H]1OC(O[C@H](CCc2ccc(O)c(O)c2)C[C@H](O)CCc2ccc(O)c(O)c2)[C@H](O)[C@@H](O)[C@@H]1O. The second-order valence-electron chi connectivity index (χ2n) is 9.07. The number of phenolic OH excluding ortho intramolecular Hbond substituents is 4. The lowest BCUT2D eigenvalue weighted by molar-refractivity contribution is -0.313. The van der Waals surface area contributed by atoms with Crippen LogP contribution in [0.4, 0.5) is 0 Å². The highest BCUT2D eigenvalue weighted by Crippen LogP contribution is 2.29. The topological polar surface area (TPSA) is 201 Å². The molecule has 2 aromatic carbocycles. The van der Waals surface area contributed by atoms with Crippen LogP contribution in [0.5, 0.6) is 23.0 Å². The van der Waals surface area contributed by atoms with Crippen LogP contribution >= 0.6 is 0 Å². The molecule has 0 aliphatic carbocycles. The second-order valence-corrected chi connectivity index (χ2v) is 9.07. The van der Waals surface area contributed by atoms with Crippen molar-refractivity contribution in [3.63, 3.8) is 0 Å². The third-order valence-electron chi connectivity index (χ3n) is 6.31. The maximum absolute atomic E-state index is 10.7. The Morgan fingerprint density at radius 3 is 1.83 bits per heavy atom. The van der Waals surface area contributed by atoms with E-state index in [0.29, 0.717) is 36.8 Å². The molecule has 36 heavy (non-hydrogen) atoms. The summed E-state index contributed by atoms with van der Waals surface area (Å²) in [5.41, 5.74) is 1.39. The Labute approximate surface area is 208 Å². The van der Waals surface area contributed by atoms with E-state index in [4.69, 9.17) is 9.47 Å². The molecule has 0 saturated carbocycles. The van der Waals surface area contributed by atoms with Gasteiger partial charge in [-0.3, -0.25) is 0 Å². The van der Waals surface area contributed by atoms with Gasteiger partial charge < -0.3 is 55.4 Å². The molecule has 0 radical (unpaired) electrons. The van der Waals surface area contributed by atoms with Crippen LogP contribution in [0.3, 0.4) is 0 Å². The van der Waals surface area contributed by atoms with Gasteiger partial charge in [-0.2, -0.15) is 0 Å². The van der Waals surface area contributed by atoms with Crippen molar-refractivity contribution in [3.05, 3.63) is 47.5 Å². The van der Waals surface area contributed by atoms with Crippen molar-refractivity contribution in [2.45, 2.75) is 75.0 Å². The summed E-state index contributed by atoms with van der Waals surface area (Å²) in [6.07, 6.45) is -7.37. The van der Waals surface area contributed by atoms with Gasteiger partial charge in [0.15, 0.2) is 29.3 Å². The predicted molar refractivity (Wildman–Crippen MR) is 125 cm³/mol. The summed E-state index contributed by atoms with van der Waals surface area (Å²) >= 11 is 0. The minimum atomic E-state index is -1.61. The Morgan fingerprint density at radius 2 is 1.31 bits per heavy atom. The minimum Gasteiger partial charge on any atom is -0.504 e. The van der Waals surface area contributed by atoms with E-state index in [1.54, 1.807) is 12.1 Å². The van der Waals surface area contributed by atoms with Crippen molar-refractivity contribution in [2.75, 3.05) is 6.61 Å². The van der Waals surface area contributed by atoms with Crippen LogP contribution in [0, 0.1) is 0 Å². The molecule has 11 heteroatoms. The quantitative estimate of drug-likeness (QED) is 0.184. The Morgan fingerprint density at radius 1 is 0.750 bits per heavy atom. The third-order valence-corrected chi connectivity index (χ3v) is 6.31. The summed E-state index contributed by atoms with van der Waals surface area (Å²) in [4.78, 5) is 0. The van der Waals surface area contributed by atoms with E-state index in [9.17, 15) is 46.0 Å². The zero-order chi connectivity index (χ0) is 26.4. The van der Waals surface area contributed by atoms with Gasteiger partial charge in [-0.05, 0) is 67.5 Å². The summed E-state index contributed by atoms with van der Waals surface area (Å²) in [5, 5.41) is 88.9. The molecule has 1 heterocycles. The van der Waals surface area contributed by atoms with Gasteiger partial charge >= 0.3 is 0 Å². The molecule has 2 aromatic rings. The summed E-state index contributed by atoms with van der Waals surface area (Å²) < 4.78 is 11.3. The number of benzene rings is 2. The minimum absolute atomic E-state index is 0.100. The highest BCUT2D eigenvalue weighted by Gasteiger charge is 2.44. The lowest BCUT2D eigenvalue weighted by Crippen LogP contribution is -2.59. The number of hydrogen-bond donors (Lipinski definition) is 9. The smallest absolute Gasteiger partial charge is 0.186 e. The normalized spacial score (nSPS) is 26.0. The molecule has 0 bridgehead atoms. The Kier molecular flexibility index (Phi) is 9.74. The predicted octanol–water partition coefficient (Wildman–Crippen LogP) is 0.0105.